The molecule has 1 aliphatic rings. The molecule has 7 nitrogen and oxygen atoms in total. The van der Waals surface area contributed by atoms with Crippen LogP contribution in [0.5, 0.6) is 0 Å². The lowest BCUT2D eigenvalue weighted by atomic mass is 10.2. The lowest BCUT2D eigenvalue weighted by Crippen LogP contribution is -2.40. The minimum absolute atomic E-state index is 0.174. The molecule has 1 aromatic heterocycles. The van der Waals surface area contributed by atoms with Crippen molar-refractivity contribution in [2.45, 2.75) is 0 Å². The number of rotatable bonds is 3. The molecular weight excluding hydrogens is 332 g/mol. The highest BCUT2D eigenvalue weighted by molar-refractivity contribution is 6.34. The highest BCUT2D eigenvalue weighted by Crippen LogP contribution is 2.18. The molecule has 1 aromatic carbocycles. The van der Waals surface area contributed by atoms with Gasteiger partial charge in [0.15, 0.2) is 5.69 Å². The van der Waals surface area contributed by atoms with Crippen molar-refractivity contribution in [1.82, 2.24) is 14.7 Å². The summed E-state index contributed by atoms with van der Waals surface area (Å²) in [5.74, 6) is -0.0994. The predicted molar refractivity (Wildman–Crippen MR) is 89.3 cm³/mol. The third kappa shape index (κ3) is 3.42. The van der Waals surface area contributed by atoms with Crippen molar-refractivity contribution in [3.63, 3.8) is 0 Å². The minimum atomic E-state index is -0.353. The molecule has 1 saturated heterocycles. The lowest BCUT2D eigenvalue weighted by Gasteiger charge is -2.25. The molecule has 1 N–H and O–H groups in total. The molecule has 0 bridgehead atoms. The van der Waals surface area contributed by atoms with Gasteiger partial charge in [-0.2, -0.15) is 5.10 Å². The zero-order valence-corrected chi connectivity index (χ0v) is 13.9. The number of nitrogens with one attached hydrogen (secondary N) is 1. The van der Waals surface area contributed by atoms with E-state index in [-0.39, 0.29) is 17.5 Å². The van der Waals surface area contributed by atoms with Crippen molar-refractivity contribution in [3.05, 3.63) is 46.6 Å². The maximum Gasteiger partial charge on any atom is 0.274 e. The van der Waals surface area contributed by atoms with Crippen molar-refractivity contribution in [3.8, 4) is 0 Å². The molecule has 0 unspecified atom stereocenters. The van der Waals surface area contributed by atoms with Crippen LogP contribution in [0.2, 0.25) is 5.02 Å². The standard InChI is InChI=1S/C16H17ClN4O3/c1-20-14(18-15(22)11-4-2-3-5-12(11)17)10-13(19-20)16(23)21-6-8-24-9-7-21/h2-5,10H,6-9H2,1H3,(H,18,22). The molecule has 2 amide bonds. The first kappa shape index (κ1) is 16.5. The second kappa shape index (κ2) is 7.02. The van der Waals surface area contributed by atoms with Crippen LogP contribution >= 0.6 is 11.6 Å². The number of hydrogen-bond acceptors (Lipinski definition) is 4. The summed E-state index contributed by atoms with van der Waals surface area (Å²) in [5, 5.41) is 7.28. The number of ether oxygens (including phenoxy) is 1. The monoisotopic (exact) mass is 348 g/mol. The molecule has 24 heavy (non-hydrogen) atoms. The first-order chi connectivity index (χ1) is 11.6. The maximum atomic E-state index is 12.4. The van der Waals surface area contributed by atoms with E-state index in [2.05, 4.69) is 10.4 Å². The Balaban J connectivity index is 1.75. The summed E-state index contributed by atoms with van der Waals surface area (Å²) >= 11 is 6.03. The average Bonchev–Trinajstić information content (AvgIpc) is 2.96. The van der Waals surface area contributed by atoms with Crippen LogP contribution in [0.4, 0.5) is 5.82 Å². The number of halogens is 1. The molecular formula is C16H17ClN4O3. The van der Waals surface area contributed by atoms with Gasteiger partial charge in [-0.15, -0.1) is 0 Å². The zero-order valence-electron chi connectivity index (χ0n) is 13.2. The lowest BCUT2D eigenvalue weighted by molar-refractivity contribution is 0.0298. The van der Waals surface area contributed by atoms with E-state index in [4.69, 9.17) is 16.3 Å². The fraction of sp³-hybridized carbons (Fsp3) is 0.312. The van der Waals surface area contributed by atoms with E-state index in [1.54, 1.807) is 42.3 Å². The van der Waals surface area contributed by atoms with Gasteiger partial charge in [0, 0.05) is 26.2 Å². The number of morpholine rings is 1. The van der Waals surface area contributed by atoms with Crippen molar-refractivity contribution in [1.29, 1.82) is 0 Å². The van der Waals surface area contributed by atoms with Gasteiger partial charge in [-0.3, -0.25) is 14.3 Å². The van der Waals surface area contributed by atoms with Crippen molar-refractivity contribution in [2.24, 2.45) is 7.05 Å². The van der Waals surface area contributed by atoms with Crippen LogP contribution in [0.15, 0.2) is 30.3 Å². The molecule has 0 saturated carbocycles. The Morgan fingerprint density at radius 2 is 1.96 bits per heavy atom. The van der Waals surface area contributed by atoms with E-state index in [0.29, 0.717) is 42.7 Å². The van der Waals surface area contributed by atoms with Crippen molar-refractivity contribution >= 4 is 29.2 Å². The fourth-order valence-electron chi connectivity index (χ4n) is 2.45. The summed E-state index contributed by atoms with van der Waals surface area (Å²) in [5.41, 5.74) is 0.648. The van der Waals surface area contributed by atoms with Crippen LogP contribution in [0.25, 0.3) is 0 Å². The van der Waals surface area contributed by atoms with E-state index < -0.39 is 0 Å². The molecule has 3 rings (SSSR count). The SMILES string of the molecule is Cn1nc(C(=O)N2CCOCC2)cc1NC(=O)c1ccccc1Cl. The van der Waals surface area contributed by atoms with Gasteiger partial charge in [0.1, 0.15) is 5.82 Å². The smallest absolute Gasteiger partial charge is 0.274 e. The molecule has 0 aliphatic carbocycles. The molecule has 2 heterocycles. The van der Waals surface area contributed by atoms with Crippen molar-refractivity contribution < 1.29 is 14.3 Å². The van der Waals surface area contributed by atoms with Crippen molar-refractivity contribution in [2.75, 3.05) is 31.6 Å². The summed E-state index contributed by atoms with van der Waals surface area (Å²) in [6.07, 6.45) is 0. The van der Waals surface area contributed by atoms with Gasteiger partial charge in [0.25, 0.3) is 11.8 Å². The Bertz CT molecular complexity index is 768. The fourth-order valence-corrected chi connectivity index (χ4v) is 2.67. The Kier molecular flexibility index (Phi) is 4.82. The third-order valence-electron chi connectivity index (χ3n) is 3.76. The second-order valence-corrected chi connectivity index (χ2v) is 5.78. The van der Waals surface area contributed by atoms with Gasteiger partial charge >= 0.3 is 0 Å². The largest absolute Gasteiger partial charge is 0.378 e. The summed E-state index contributed by atoms with van der Waals surface area (Å²) in [6, 6.07) is 8.33. The van der Waals surface area contributed by atoms with Gasteiger partial charge in [-0.05, 0) is 12.1 Å². The number of aryl methyl sites for hydroxylation is 1. The quantitative estimate of drug-likeness (QED) is 0.917. The summed E-state index contributed by atoms with van der Waals surface area (Å²) in [4.78, 5) is 26.4. The van der Waals surface area contributed by atoms with E-state index in [1.165, 1.54) is 4.68 Å². The zero-order chi connectivity index (χ0) is 17.1. The minimum Gasteiger partial charge on any atom is -0.378 e. The number of hydrogen-bond donors (Lipinski definition) is 1. The number of carbonyl (C=O) groups is 2. The van der Waals surface area contributed by atoms with Crippen LogP contribution in [0, 0.1) is 0 Å². The highest BCUT2D eigenvalue weighted by Gasteiger charge is 2.22. The van der Waals surface area contributed by atoms with Gasteiger partial charge in [0.05, 0.1) is 23.8 Å². The number of nitrogens with zero attached hydrogens (tertiary/aromatic N) is 3. The Morgan fingerprint density at radius 3 is 2.67 bits per heavy atom. The first-order valence-electron chi connectivity index (χ1n) is 7.53. The molecule has 1 aliphatic heterocycles. The number of anilines is 1. The molecule has 2 aromatic rings. The molecule has 8 heteroatoms. The summed E-state index contributed by atoms with van der Waals surface area (Å²) in [7, 11) is 1.66. The van der Waals surface area contributed by atoms with E-state index >= 15 is 0 Å². The topological polar surface area (TPSA) is 76.5 Å². The van der Waals surface area contributed by atoms with Crippen LogP contribution < -0.4 is 5.32 Å². The first-order valence-corrected chi connectivity index (χ1v) is 7.91. The van der Waals surface area contributed by atoms with Crippen LogP contribution in [-0.2, 0) is 11.8 Å². The van der Waals surface area contributed by atoms with Gasteiger partial charge in [-0.1, -0.05) is 23.7 Å². The van der Waals surface area contributed by atoms with E-state index in [0.717, 1.165) is 0 Å². The molecule has 0 atom stereocenters. The molecule has 0 spiro atoms. The normalized spacial score (nSPS) is 14.5. The van der Waals surface area contributed by atoms with Crippen LogP contribution in [0.3, 0.4) is 0 Å². The van der Waals surface area contributed by atoms with E-state index in [1.807, 2.05) is 0 Å². The second-order valence-electron chi connectivity index (χ2n) is 5.38. The molecule has 126 valence electrons. The predicted octanol–water partition coefficient (Wildman–Crippen LogP) is 1.80. The Labute approximate surface area is 144 Å². The van der Waals surface area contributed by atoms with Crippen LogP contribution in [-0.4, -0.2) is 52.8 Å². The number of carbonyl (C=O) groups excluding carboxylic acids is 2. The van der Waals surface area contributed by atoms with Gasteiger partial charge in [0.2, 0.25) is 0 Å². The summed E-state index contributed by atoms with van der Waals surface area (Å²) in [6.45, 7) is 2.12. The third-order valence-corrected chi connectivity index (χ3v) is 4.09. The van der Waals surface area contributed by atoms with Gasteiger partial charge in [-0.25, -0.2) is 0 Å². The number of aromatic nitrogens is 2. The summed E-state index contributed by atoms with van der Waals surface area (Å²) < 4.78 is 6.70. The number of benzene rings is 1. The highest BCUT2D eigenvalue weighted by atomic mass is 35.5. The Morgan fingerprint density at radius 1 is 1.25 bits per heavy atom. The van der Waals surface area contributed by atoms with Crippen LogP contribution in [0.1, 0.15) is 20.8 Å². The Hall–Kier alpha value is -2.38. The maximum absolute atomic E-state index is 12.4. The van der Waals surface area contributed by atoms with Gasteiger partial charge < -0.3 is 15.0 Å². The van der Waals surface area contributed by atoms with E-state index in [9.17, 15) is 9.59 Å². The molecule has 0 radical (unpaired) electrons. The molecule has 1 fully saturated rings. The average molecular weight is 349 g/mol. The number of amides is 2.